The van der Waals surface area contributed by atoms with Gasteiger partial charge >= 0.3 is 0 Å². The van der Waals surface area contributed by atoms with Gasteiger partial charge < -0.3 is 19.5 Å². The van der Waals surface area contributed by atoms with Crippen LogP contribution in [0.25, 0.3) is 10.9 Å². The van der Waals surface area contributed by atoms with E-state index in [4.69, 9.17) is 16.3 Å². The molecule has 0 spiro atoms. The van der Waals surface area contributed by atoms with Gasteiger partial charge in [0.1, 0.15) is 11.6 Å². The highest BCUT2D eigenvalue weighted by Crippen LogP contribution is 2.25. The Morgan fingerprint density at radius 2 is 2.11 bits per heavy atom. The van der Waals surface area contributed by atoms with Crippen LogP contribution in [0.1, 0.15) is 0 Å². The molecule has 0 saturated carbocycles. The van der Waals surface area contributed by atoms with E-state index in [9.17, 15) is 9.59 Å². The minimum absolute atomic E-state index is 0.0145. The van der Waals surface area contributed by atoms with E-state index in [-0.39, 0.29) is 17.5 Å². The molecule has 0 aliphatic rings. The molecule has 0 unspecified atom stereocenters. The monoisotopic (exact) mass is 403 g/mol. The fourth-order valence-electron chi connectivity index (χ4n) is 2.75. The van der Waals surface area contributed by atoms with E-state index in [1.165, 1.54) is 11.1 Å². The highest BCUT2D eigenvalue weighted by molar-refractivity contribution is 6.33. The van der Waals surface area contributed by atoms with Gasteiger partial charge in [-0.05, 0) is 24.3 Å². The molecule has 1 N–H and O–H groups in total. The number of likely N-dealkylation sites (N-methyl/N-ethyl adjacent to an activating group) is 1. The largest absolute Gasteiger partial charge is 0.383 e. The predicted molar refractivity (Wildman–Crippen MR) is 109 cm³/mol. The lowest BCUT2D eigenvalue weighted by Gasteiger charge is -2.13. The van der Waals surface area contributed by atoms with Crippen LogP contribution >= 0.6 is 11.6 Å². The van der Waals surface area contributed by atoms with Crippen LogP contribution in [0.15, 0.2) is 41.5 Å². The van der Waals surface area contributed by atoms with E-state index < -0.39 is 5.56 Å². The summed E-state index contributed by atoms with van der Waals surface area (Å²) in [4.78, 5) is 25.6. The molecule has 0 aliphatic heterocycles. The first-order valence-corrected chi connectivity index (χ1v) is 9.09. The number of ether oxygens (including phenoxy) is 1. The maximum atomic E-state index is 12.4. The van der Waals surface area contributed by atoms with Crippen LogP contribution < -0.4 is 10.9 Å². The lowest BCUT2D eigenvalue weighted by atomic mass is 10.2. The van der Waals surface area contributed by atoms with Crippen LogP contribution in [-0.4, -0.2) is 53.0 Å². The first kappa shape index (κ1) is 19.9. The van der Waals surface area contributed by atoms with Crippen molar-refractivity contribution in [1.29, 1.82) is 0 Å². The number of nitrogens with zero attached hydrogens (tertiary/aromatic N) is 4. The predicted octanol–water partition coefficient (Wildman–Crippen LogP) is 2.33. The standard InChI is InChI=1S/C19H22ClN5O3/c1-23(2)17(26)12-25-19(27)18(20)15(11-21-25)22-14-4-5-16-13(10-14)6-7-24(16)8-9-28-3/h4-7,10-11,22H,8-9,12H2,1-3H3. The molecule has 1 amide bonds. The third kappa shape index (κ3) is 4.18. The summed E-state index contributed by atoms with van der Waals surface area (Å²) in [6.07, 6.45) is 3.45. The van der Waals surface area contributed by atoms with Gasteiger partial charge in [0.15, 0.2) is 0 Å². The Morgan fingerprint density at radius 1 is 1.32 bits per heavy atom. The van der Waals surface area contributed by atoms with Gasteiger partial charge in [-0.1, -0.05) is 11.6 Å². The molecule has 9 heteroatoms. The number of methoxy groups -OCH3 is 1. The Labute approximate surface area is 167 Å². The Balaban J connectivity index is 1.82. The highest BCUT2D eigenvalue weighted by Gasteiger charge is 2.13. The van der Waals surface area contributed by atoms with Crippen molar-refractivity contribution in [3.05, 3.63) is 52.0 Å². The van der Waals surface area contributed by atoms with Crippen LogP contribution in [0.4, 0.5) is 11.4 Å². The van der Waals surface area contributed by atoms with Crippen molar-refractivity contribution in [1.82, 2.24) is 19.2 Å². The maximum absolute atomic E-state index is 12.4. The molecular formula is C19H22ClN5O3. The Hall–Kier alpha value is -2.84. The van der Waals surface area contributed by atoms with E-state index >= 15 is 0 Å². The number of rotatable bonds is 7. The summed E-state index contributed by atoms with van der Waals surface area (Å²) in [5.41, 5.74) is 1.73. The van der Waals surface area contributed by atoms with Crippen molar-refractivity contribution >= 4 is 39.8 Å². The number of halogens is 1. The molecule has 3 aromatic rings. The molecule has 8 nitrogen and oxygen atoms in total. The molecule has 1 aromatic carbocycles. The van der Waals surface area contributed by atoms with E-state index in [1.807, 2.05) is 30.5 Å². The van der Waals surface area contributed by atoms with Crippen molar-refractivity contribution < 1.29 is 9.53 Å². The van der Waals surface area contributed by atoms with E-state index in [0.717, 1.165) is 27.8 Å². The molecule has 0 radical (unpaired) electrons. The Bertz CT molecular complexity index is 1060. The Morgan fingerprint density at radius 3 is 2.82 bits per heavy atom. The second-order valence-corrected chi connectivity index (χ2v) is 6.90. The van der Waals surface area contributed by atoms with Gasteiger partial charge in [0.25, 0.3) is 5.56 Å². The maximum Gasteiger partial charge on any atom is 0.288 e. The Kier molecular flexibility index (Phi) is 6.01. The van der Waals surface area contributed by atoms with Crippen molar-refractivity contribution in [2.24, 2.45) is 0 Å². The number of fused-ring (bicyclic) bond motifs is 1. The zero-order valence-electron chi connectivity index (χ0n) is 16.0. The molecule has 0 fully saturated rings. The van der Waals surface area contributed by atoms with Crippen molar-refractivity contribution in [2.75, 3.05) is 33.1 Å². The van der Waals surface area contributed by atoms with Gasteiger partial charge in [0, 0.05) is 50.5 Å². The lowest BCUT2D eigenvalue weighted by Crippen LogP contribution is -2.33. The van der Waals surface area contributed by atoms with Crippen LogP contribution in [0.3, 0.4) is 0 Å². The fourth-order valence-corrected chi connectivity index (χ4v) is 2.95. The smallest absolute Gasteiger partial charge is 0.288 e. The summed E-state index contributed by atoms with van der Waals surface area (Å²) in [7, 11) is 4.91. The number of hydrogen-bond donors (Lipinski definition) is 1. The van der Waals surface area contributed by atoms with Crippen LogP contribution in [0.5, 0.6) is 0 Å². The average Bonchev–Trinajstić information content (AvgIpc) is 3.08. The summed E-state index contributed by atoms with van der Waals surface area (Å²) in [6.45, 7) is 1.25. The number of hydrogen-bond acceptors (Lipinski definition) is 5. The van der Waals surface area contributed by atoms with Crippen molar-refractivity contribution in [2.45, 2.75) is 13.1 Å². The molecule has 28 heavy (non-hydrogen) atoms. The summed E-state index contributed by atoms with van der Waals surface area (Å²) in [5.74, 6) is -0.241. The van der Waals surface area contributed by atoms with E-state index in [2.05, 4.69) is 15.0 Å². The van der Waals surface area contributed by atoms with E-state index in [0.29, 0.717) is 12.3 Å². The van der Waals surface area contributed by atoms with Gasteiger partial charge in [0.2, 0.25) is 5.91 Å². The lowest BCUT2D eigenvalue weighted by molar-refractivity contribution is -0.129. The molecular weight excluding hydrogens is 382 g/mol. The quantitative estimate of drug-likeness (QED) is 0.654. The SMILES string of the molecule is COCCn1ccc2cc(Nc3cnn(CC(=O)N(C)C)c(=O)c3Cl)ccc21. The number of benzene rings is 1. The van der Waals surface area contributed by atoms with Crippen LogP contribution in [0.2, 0.25) is 5.02 Å². The zero-order chi connectivity index (χ0) is 20.3. The number of amides is 1. The minimum Gasteiger partial charge on any atom is -0.383 e. The van der Waals surface area contributed by atoms with Gasteiger partial charge in [-0.2, -0.15) is 5.10 Å². The van der Waals surface area contributed by atoms with Crippen LogP contribution in [0, 0.1) is 0 Å². The molecule has 3 rings (SSSR count). The number of anilines is 2. The zero-order valence-corrected chi connectivity index (χ0v) is 16.7. The van der Waals surface area contributed by atoms with Crippen molar-refractivity contribution in [3.8, 4) is 0 Å². The first-order chi connectivity index (χ1) is 13.4. The second kappa shape index (κ2) is 8.45. The third-order valence-electron chi connectivity index (χ3n) is 4.36. The van der Waals surface area contributed by atoms with Crippen LogP contribution in [-0.2, 0) is 22.6 Å². The first-order valence-electron chi connectivity index (χ1n) is 8.71. The fraction of sp³-hybridized carbons (Fsp3) is 0.316. The normalized spacial score (nSPS) is 11.0. The second-order valence-electron chi connectivity index (χ2n) is 6.52. The number of aromatic nitrogens is 3. The van der Waals surface area contributed by atoms with Gasteiger partial charge in [0.05, 0.1) is 18.5 Å². The summed E-state index contributed by atoms with van der Waals surface area (Å²) < 4.78 is 8.29. The summed E-state index contributed by atoms with van der Waals surface area (Å²) >= 11 is 6.21. The summed E-state index contributed by atoms with van der Waals surface area (Å²) in [5, 5.41) is 8.21. The van der Waals surface area contributed by atoms with Crippen molar-refractivity contribution in [3.63, 3.8) is 0 Å². The number of carbonyl (C=O) groups excluding carboxylic acids is 1. The van der Waals surface area contributed by atoms with E-state index in [1.54, 1.807) is 21.2 Å². The molecule has 0 bridgehead atoms. The van der Waals surface area contributed by atoms with Gasteiger partial charge in [-0.25, -0.2) is 4.68 Å². The topological polar surface area (TPSA) is 81.4 Å². The highest BCUT2D eigenvalue weighted by atomic mass is 35.5. The average molecular weight is 404 g/mol. The molecule has 2 heterocycles. The molecule has 0 atom stereocenters. The molecule has 148 valence electrons. The molecule has 0 aliphatic carbocycles. The molecule has 0 saturated heterocycles. The molecule has 2 aromatic heterocycles. The third-order valence-corrected chi connectivity index (χ3v) is 4.72. The van der Waals surface area contributed by atoms with Gasteiger partial charge in [-0.15, -0.1) is 0 Å². The van der Waals surface area contributed by atoms with Gasteiger partial charge in [-0.3, -0.25) is 9.59 Å². The minimum atomic E-state index is -0.520. The number of nitrogens with one attached hydrogen (secondary N) is 1. The number of carbonyl (C=O) groups is 1. The summed E-state index contributed by atoms with van der Waals surface area (Å²) in [6, 6.07) is 7.88.